The quantitative estimate of drug-likeness (QED) is 0.583. The third-order valence-electron chi connectivity index (χ3n) is 2.59. The standard InChI is InChI=1S/C11H24NO/c1-6-7-11(9(2)3)8-12(13)10(4)5/h9-11H,6-8H2,1-5H3/q+1. The van der Waals surface area contributed by atoms with Gasteiger partial charge in [0.15, 0.2) is 12.6 Å². The Morgan fingerprint density at radius 1 is 1.15 bits per heavy atom. The molecule has 1 unspecified atom stereocenters. The van der Waals surface area contributed by atoms with E-state index in [-0.39, 0.29) is 6.04 Å². The molecule has 0 N–H and O–H groups in total. The Hall–Kier alpha value is -0.400. The first-order chi connectivity index (χ1) is 5.99. The maximum absolute atomic E-state index is 11.4. The van der Waals surface area contributed by atoms with Crippen LogP contribution in [0.3, 0.4) is 0 Å². The minimum Gasteiger partial charge on any atom is -0.0654 e. The zero-order valence-corrected chi connectivity index (χ0v) is 9.71. The largest absolute Gasteiger partial charge is 0.195 e. The molecule has 0 aliphatic heterocycles. The molecule has 0 aliphatic rings. The van der Waals surface area contributed by atoms with Crippen LogP contribution in [0.15, 0.2) is 0 Å². The van der Waals surface area contributed by atoms with E-state index >= 15 is 0 Å². The molecule has 2 heteroatoms. The van der Waals surface area contributed by atoms with E-state index in [2.05, 4.69) is 20.8 Å². The maximum Gasteiger partial charge on any atom is 0.195 e. The van der Waals surface area contributed by atoms with Crippen LogP contribution in [0, 0.1) is 16.7 Å². The van der Waals surface area contributed by atoms with Gasteiger partial charge in [-0.05, 0) is 12.3 Å². The SMILES string of the molecule is CCCC(C[N+](=O)C(C)C)C(C)C. The highest BCUT2D eigenvalue weighted by Crippen LogP contribution is 2.17. The number of nitrogens with zero attached hydrogens (tertiary/aromatic N) is 1. The zero-order valence-electron chi connectivity index (χ0n) is 9.71. The molecule has 0 amide bonds. The first-order valence-corrected chi connectivity index (χ1v) is 5.42. The highest BCUT2D eigenvalue weighted by molar-refractivity contribution is 4.61. The van der Waals surface area contributed by atoms with Crippen LogP contribution in [-0.2, 0) is 0 Å². The molecule has 13 heavy (non-hydrogen) atoms. The topological polar surface area (TPSA) is 20.1 Å². The second-order valence-corrected chi connectivity index (χ2v) is 4.49. The fourth-order valence-corrected chi connectivity index (χ4v) is 1.45. The number of rotatable bonds is 6. The summed E-state index contributed by atoms with van der Waals surface area (Å²) in [4.78, 5) is 11.4. The van der Waals surface area contributed by atoms with E-state index in [1.54, 1.807) is 0 Å². The Morgan fingerprint density at radius 2 is 1.69 bits per heavy atom. The van der Waals surface area contributed by atoms with Crippen LogP contribution in [0.2, 0.25) is 0 Å². The van der Waals surface area contributed by atoms with Gasteiger partial charge in [0.2, 0.25) is 0 Å². The lowest BCUT2D eigenvalue weighted by atomic mass is 9.91. The van der Waals surface area contributed by atoms with Crippen molar-refractivity contribution in [3.8, 4) is 0 Å². The Kier molecular flexibility index (Phi) is 5.93. The molecular formula is C11H24NO+. The van der Waals surface area contributed by atoms with Crippen LogP contribution in [0.4, 0.5) is 0 Å². The summed E-state index contributed by atoms with van der Waals surface area (Å²) in [5.41, 5.74) is 0. The second kappa shape index (κ2) is 6.11. The maximum atomic E-state index is 11.4. The molecule has 0 saturated carbocycles. The van der Waals surface area contributed by atoms with Crippen molar-refractivity contribution in [3.63, 3.8) is 0 Å². The van der Waals surface area contributed by atoms with E-state index in [9.17, 15) is 4.91 Å². The monoisotopic (exact) mass is 186 g/mol. The molecule has 0 rings (SSSR count). The van der Waals surface area contributed by atoms with Crippen molar-refractivity contribution in [1.82, 2.24) is 0 Å². The van der Waals surface area contributed by atoms with Crippen LogP contribution in [0.25, 0.3) is 0 Å². The summed E-state index contributed by atoms with van der Waals surface area (Å²) in [5.74, 6) is 1.18. The Labute approximate surface area is 82.3 Å². The lowest BCUT2D eigenvalue weighted by molar-refractivity contribution is -0.586. The molecule has 0 aromatic carbocycles. The van der Waals surface area contributed by atoms with Crippen LogP contribution >= 0.6 is 0 Å². The molecule has 0 aromatic rings. The third kappa shape index (κ3) is 5.02. The summed E-state index contributed by atoms with van der Waals surface area (Å²) in [6, 6.07) is 0.123. The van der Waals surface area contributed by atoms with Gasteiger partial charge in [0.05, 0.1) is 0 Å². The summed E-state index contributed by atoms with van der Waals surface area (Å²) >= 11 is 0. The molecule has 1 atom stereocenters. The Morgan fingerprint density at radius 3 is 2.00 bits per heavy atom. The summed E-state index contributed by atoms with van der Waals surface area (Å²) in [6.07, 6.45) is 2.35. The zero-order chi connectivity index (χ0) is 10.4. The molecule has 0 radical (unpaired) electrons. The summed E-state index contributed by atoms with van der Waals surface area (Å²) in [7, 11) is 0. The van der Waals surface area contributed by atoms with Crippen molar-refractivity contribution < 1.29 is 4.76 Å². The van der Waals surface area contributed by atoms with E-state index in [1.165, 1.54) is 17.6 Å². The first-order valence-electron chi connectivity index (χ1n) is 5.42. The van der Waals surface area contributed by atoms with Gasteiger partial charge in [0.25, 0.3) is 0 Å². The molecule has 0 saturated heterocycles. The van der Waals surface area contributed by atoms with Crippen LogP contribution < -0.4 is 0 Å². The summed E-state index contributed by atoms with van der Waals surface area (Å²) < 4.78 is 1.21. The molecule has 0 spiro atoms. The molecule has 2 nitrogen and oxygen atoms in total. The normalized spacial score (nSPS) is 13.8. The number of hydrogen-bond acceptors (Lipinski definition) is 1. The Balaban J connectivity index is 4.02. The van der Waals surface area contributed by atoms with E-state index < -0.39 is 0 Å². The van der Waals surface area contributed by atoms with Gasteiger partial charge in [-0.3, -0.25) is 0 Å². The van der Waals surface area contributed by atoms with Crippen molar-refractivity contribution in [2.45, 2.75) is 53.5 Å². The van der Waals surface area contributed by atoms with Gasteiger partial charge in [-0.25, -0.2) is 0 Å². The van der Waals surface area contributed by atoms with Gasteiger partial charge < -0.3 is 0 Å². The fraction of sp³-hybridized carbons (Fsp3) is 1.00. The molecule has 0 aromatic heterocycles. The van der Waals surface area contributed by atoms with Crippen LogP contribution in [0.5, 0.6) is 0 Å². The van der Waals surface area contributed by atoms with Crippen LogP contribution in [-0.4, -0.2) is 17.3 Å². The molecule has 0 heterocycles. The highest BCUT2D eigenvalue weighted by Gasteiger charge is 2.23. The average molecular weight is 186 g/mol. The number of nitroso groups, excluding NO2 is 1. The van der Waals surface area contributed by atoms with Crippen molar-refractivity contribution in [1.29, 1.82) is 0 Å². The van der Waals surface area contributed by atoms with Gasteiger partial charge in [0, 0.05) is 29.4 Å². The van der Waals surface area contributed by atoms with E-state index in [4.69, 9.17) is 0 Å². The minimum absolute atomic E-state index is 0.123. The van der Waals surface area contributed by atoms with Crippen molar-refractivity contribution >= 4 is 0 Å². The van der Waals surface area contributed by atoms with Gasteiger partial charge in [-0.15, -0.1) is 0 Å². The molecule has 0 fully saturated rings. The van der Waals surface area contributed by atoms with Gasteiger partial charge >= 0.3 is 0 Å². The van der Waals surface area contributed by atoms with E-state index in [1.807, 2.05) is 13.8 Å². The second-order valence-electron chi connectivity index (χ2n) is 4.49. The van der Waals surface area contributed by atoms with Gasteiger partial charge in [-0.2, -0.15) is 0 Å². The van der Waals surface area contributed by atoms with E-state index in [0.717, 1.165) is 0 Å². The minimum atomic E-state index is 0.123. The summed E-state index contributed by atoms with van der Waals surface area (Å²) in [5, 5.41) is 0. The molecule has 0 aliphatic carbocycles. The van der Waals surface area contributed by atoms with Crippen molar-refractivity contribution in [2.24, 2.45) is 11.8 Å². The van der Waals surface area contributed by atoms with Crippen molar-refractivity contribution in [2.75, 3.05) is 6.54 Å². The lowest BCUT2D eigenvalue weighted by Gasteiger charge is -2.15. The third-order valence-corrected chi connectivity index (χ3v) is 2.59. The predicted octanol–water partition coefficient (Wildman–Crippen LogP) is 3.25. The van der Waals surface area contributed by atoms with Gasteiger partial charge in [0.1, 0.15) is 0 Å². The predicted molar refractivity (Wildman–Crippen MR) is 56.9 cm³/mol. The smallest absolute Gasteiger partial charge is 0.0654 e. The van der Waals surface area contributed by atoms with E-state index in [0.29, 0.717) is 18.4 Å². The molecular weight excluding hydrogens is 162 g/mol. The average Bonchev–Trinajstić information content (AvgIpc) is 2.03. The first kappa shape index (κ1) is 12.6. The fourth-order valence-electron chi connectivity index (χ4n) is 1.45. The highest BCUT2D eigenvalue weighted by atomic mass is 16.3. The number of hydrogen-bond donors (Lipinski definition) is 0. The van der Waals surface area contributed by atoms with Crippen LogP contribution in [0.1, 0.15) is 47.5 Å². The molecule has 0 bridgehead atoms. The van der Waals surface area contributed by atoms with Crippen molar-refractivity contribution in [3.05, 3.63) is 4.91 Å². The summed E-state index contributed by atoms with van der Waals surface area (Å²) in [6.45, 7) is 11.2. The Bertz CT molecular complexity index is 152. The van der Waals surface area contributed by atoms with Gasteiger partial charge in [-0.1, -0.05) is 27.2 Å². The molecule has 78 valence electrons. The lowest BCUT2D eigenvalue weighted by Crippen LogP contribution is -2.27.